The molecule has 0 aliphatic rings. The maximum absolute atomic E-state index is 13.3. The van der Waals surface area contributed by atoms with Gasteiger partial charge >= 0.3 is 0 Å². The van der Waals surface area contributed by atoms with Crippen LogP contribution < -0.4 is 16.0 Å². The Morgan fingerprint density at radius 3 is 2.70 bits per heavy atom. The Morgan fingerprint density at radius 1 is 1.07 bits per heavy atom. The molecule has 1 amide bonds. The van der Waals surface area contributed by atoms with Gasteiger partial charge in [0.05, 0.1) is 4.47 Å². The van der Waals surface area contributed by atoms with E-state index >= 15 is 0 Å². The molecular formula is C22H23BrFN5O. The summed E-state index contributed by atoms with van der Waals surface area (Å²) >= 11 is 3.42. The van der Waals surface area contributed by atoms with Gasteiger partial charge in [0, 0.05) is 31.4 Å². The van der Waals surface area contributed by atoms with E-state index in [0.717, 1.165) is 22.9 Å². The molecule has 0 radical (unpaired) electrons. The zero-order valence-corrected chi connectivity index (χ0v) is 18.0. The first-order valence-electron chi connectivity index (χ1n) is 9.70. The molecule has 3 rings (SSSR count). The number of anilines is 3. The maximum atomic E-state index is 13.3. The van der Waals surface area contributed by atoms with Crippen LogP contribution in [0.3, 0.4) is 0 Å². The third-order valence-electron chi connectivity index (χ3n) is 4.28. The predicted molar refractivity (Wildman–Crippen MR) is 120 cm³/mol. The first-order chi connectivity index (χ1) is 14.6. The Kier molecular flexibility index (Phi) is 8.14. The quantitative estimate of drug-likeness (QED) is 0.374. The van der Waals surface area contributed by atoms with E-state index < -0.39 is 0 Å². The summed E-state index contributed by atoms with van der Waals surface area (Å²) in [6.45, 7) is 1.21. The van der Waals surface area contributed by atoms with Crippen LogP contribution in [-0.2, 0) is 11.2 Å². The van der Waals surface area contributed by atoms with Gasteiger partial charge in [0.25, 0.3) is 0 Å². The molecule has 0 saturated heterocycles. The van der Waals surface area contributed by atoms with Crippen molar-refractivity contribution < 1.29 is 9.18 Å². The van der Waals surface area contributed by atoms with Crippen LogP contribution in [0.1, 0.15) is 18.4 Å². The number of nitrogens with one attached hydrogen (secondary N) is 3. The lowest BCUT2D eigenvalue weighted by molar-refractivity contribution is -0.121. The van der Waals surface area contributed by atoms with Crippen LogP contribution in [0.4, 0.5) is 21.8 Å². The highest BCUT2D eigenvalue weighted by atomic mass is 79.9. The van der Waals surface area contributed by atoms with Gasteiger partial charge < -0.3 is 16.0 Å². The van der Waals surface area contributed by atoms with Gasteiger partial charge in [-0.1, -0.05) is 36.4 Å². The molecule has 30 heavy (non-hydrogen) atoms. The number of amides is 1. The molecule has 6 nitrogen and oxygen atoms in total. The minimum atomic E-state index is -0.332. The minimum absolute atomic E-state index is 0.0450. The van der Waals surface area contributed by atoms with Crippen molar-refractivity contribution in [3.8, 4) is 0 Å². The van der Waals surface area contributed by atoms with Crippen molar-refractivity contribution in [2.75, 3.05) is 23.7 Å². The van der Waals surface area contributed by atoms with Crippen LogP contribution in [-0.4, -0.2) is 29.0 Å². The molecule has 0 fully saturated rings. The standard InChI is InChI=1S/C22H23BrFN5O/c23-19-15-27-22(28-18-9-4-8-17(24)14-18)29-21(19)26-13-5-12-25-20(30)11-10-16-6-2-1-3-7-16/h1-4,6-9,14-15H,5,10-13H2,(H,25,30)(H2,26,27,28,29). The van der Waals surface area contributed by atoms with Gasteiger partial charge in [-0.15, -0.1) is 0 Å². The van der Waals surface area contributed by atoms with Crippen LogP contribution in [0.25, 0.3) is 0 Å². The highest BCUT2D eigenvalue weighted by Gasteiger charge is 2.06. The monoisotopic (exact) mass is 471 g/mol. The van der Waals surface area contributed by atoms with Crippen LogP contribution in [0.15, 0.2) is 65.3 Å². The molecule has 8 heteroatoms. The summed E-state index contributed by atoms with van der Waals surface area (Å²) in [5.41, 5.74) is 1.73. The molecule has 3 N–H and O–H groups in total. The van der Waals surface area contributed by atoms with E-state index in [0.29, 0.717) is 37.0 Å². The van der Waals surface area contributed by atoms with Gasteiger partial charge in [0.2, 0.25) is 11.9 Å². The van der Waals surface area contributed by atoms with Gasteiger partial charge in [0.15, 0.2) is 0 Å². The van der Waals surface area contributed by atoms with E-state index in [-0.39, 0.29) is 11.7 Å². The summed E-state index contributed by atoms with van der Waals surface area (Å²) < 4.78 is 14.0. The lowest BCUT2D eigenvalue weighted by Gasteiger charge is -2.11. The van der Waals surface area contributed by atoms with Crippen LogP contribution in [0.5, 0.6) is 0 Å². The van der Waals surface area contributed by atoms with Crippen molar-refractivity contribution in [1.82, 2.24) is 15.3 Å². The van der Waals surface area contributed by atoms with Gasteiger partial charge in [-0.2, -0.15) is 4.98 Å². The molecule has 3 aromatic rings. The molecule has 0 saturated carbocycles. The fourth-order valence-corrected chi connectivity index (χ4v) is 3.09. The SMILES string of the molecule is O=C(CCc1ccccc1)NCCCNc1nc(Nc2cccc(F)c2)ncc1Br. The number of halogens is 2. The number of rotatable bonds is 10. The molecular weight excluding hydrogens is 449 g/mol. The van der Waals surface area contributed by atoms with Crippen LogP contribution in [0, 0.1) is 5.82 Å². The molecule has 0 bridgehead atoms. The summed E-state index contributed by atoms with van der Waals surface area (Å²) in [4.78, 5) is 20.5. The lowest BCUT2D eigenvalue weighted by Crippen LogP contribution is -2.26. The van der Waals surface area contributed by atoms with Crippen molar-refractivity contribution in [2.45, 2.75) is 19.3 Å². The number of aryl methyl sites for hydroxylation is 1. The number of benzene rings is 2. The third kappa shape index (κ3) is 7.11. The second-order valence-electron chi connectivity index (χ2n) is 6.64. The van der Waals surface area contributed by atoms with Crippen molar-refractivity contribution in [3.05, 3.63) is 76.6 Å². The number of hydrogen-bond acceptors (Lipinski definition) is 5. The zero-order chi connectivity index (χ0) is 21.2. The van der Waals surface area contributed by atoms with E-state index in [4.69, 9.17) is 0 Å². The number of aromatic nitrogens is 2. The predicted octanol–water partition coefficient (Wildman–Crippen LogP) is 4.67. The van der Waals surface area contributed by atoms with Crippen LogP contribution in [0.2, 0.25) is 0 Å². The van der Waals surface area contributed by atoms with Crippen molar-refractivity contribution in [2.24, 2.45) is 0 Å². The first kappa shape index (κ1) is 21.7. The molecule has 1 aromatic heterocycles. The molecule has 0 atom stereocenters. The number of nitrogens with zero attached hydrogens (tertiary/aromatic N) is 2. The highest BCUT2D eigenvalue weighted by molar-refractivity contribution is 9.10. The molecule has 0 aliphatic heterocycles. The van der Waals surface area contributed by atoms with Gasteiger partial charge in [-0.25, -0.2) is 9.37 Å². The Bertz CT molecular complexity index is 971. The molecule has 156 valence electrons. The number of carbonyl (C=O) groups is 1. The summed E-state index contributed by atoms with van der Waals surface area (Å²) in [7, 11) is 0. The van der Waals surface area contributed by atoms with E-state index in [1.807, 2.05) is 30.3 Å². The smallest absolute Gasteiger partial charge is 0.229 e. The van der Waals surface area contributed by atoms with E-state index in [1.165, 1.54) is 12.1 Å². The summed E-state index contributed by atoms with van der Waals surface area (Å²) in [5.74, 6) is 0.699. The number of hydrogen-bond donors (Lipinski definition) is 3. The molecule has 0 spiro atoms. The first-order valence-corrected chi connectivity index (χ1v) is 10.5. The average molecular weight is 472 g/mol. The van der Waals surface area contributed by atoms with Crippen molar-refractivity contribution in [3.63, 3.8) is 0 Å². The Labute approximate surface area is 183 Å². The minimum Gasteiger partial charge on any atom is -0.369 e. The van der Waals surface area contributed by atoms with E-state index in [1.54, 1.807) is 18.3 Å². The van der Waals surface area contributed by atoms with Gasteiger partial charge in [0.1, 0.15) is 11.6 Å². The Morgan fingerprint density at radius 2 is 1.90 bits per heavy atom. The average Bonchev–Trinajstić information content (AvgIpc) is 2.75. The van der Waals surface area contributed by atoms with Gasteiger partial charge in [-0.05, 0) is 52.5 Å². The molecule has 1 heterocycles. The van der Waals surface area contributed by atoms with Gasteiger partial charge in [-0.3, -0.25) is 4.79 Å². The maximum Gasteiger partial charge on any atom is 0.229 e. The molecule has 0 aliphatic carbocycles. The largest absolute Gasteiger partial charge is 0.369 e. The summed E-state index contributed by atoms with van der Waals surface area (Å²) in [5, 5.41) is 9.13. The summed E-state index contributed by atoms with van der Waals surface area (Å²) in [6.07, 6.45) is 3.59. The topological polar surface area (TPSA) is 78.9 Å². The lowest BCUT2D eigenvalue weighted by atomic mass is 10.1. The molecule has 2 aromatic carbocycles. The van der Waals surface area contributed by atoms with Crippen molar-refractivity contribution >= 4 is 39.3 Å². The fourth-order valence-electron chi connectivity index (χ4n) is 2.76. The highest BCUT2D eigenvalue weighted by Crippen LogP contribution is 2.22. The second-order valence-corrected chi connectivity index (χ2v) is 7.50. The van der Waals surface area contributed by atoms with Crippen LogP contribution >= 0.6 is 15.9 Å². The van der Waals surface area contributed by atoms with E-state index in [2.05, 4.69) is 41.8 Å². The van der Waals surface area contributed by atoms with Crippen molar-refractivity contribution in [1.29, 1.82) is 0 Å². The Hall–Kier alpha value is -3.00. The molecule has 0 unspecified atom stereocenters. The van der Waals surface area contributed by atoms with E-state index in [9.17, 15) is 9.18 Å². The second kappa shape index (κ2) is 11.3. The summed E-state index contributed by atoms with van der Waals surface area (Å²) in [6, 6.07) is 16.1. The Balaban J connectivity index is 1.39. The third-order valence-corrected chi connectivity index (χ3v) is 4.86. The number of carbonyl (C=O) groups excluding carboxylic acids is 1. The normalized spacial score (nSPS) is 10.5. The fraction of sp³-hybridized carbons (Fsp3) is 0.227. The zero-order valence-electron chi connectivity index (χ0n) is 16.4.